The van der Waals surface area contributed by atoms with Crippen LogP contribution in [0.15, 0.2) is 6.07 Å². The van der Waals surface area contributed by atoms with Gasteiger partial charge in [0, 0.05) is 32.1 Å². The molecule has 8 heteroatoms. The van der Waals surface area contributed by atoms with Gasteiger partial charge in [-0.1, -0.05) is 19.3 Å². The predicted octanol–water partition coefficient (Wildman–Crippen LogP) is 1.68. The molecular weight excluding hydrogens is 346 g/mol. The molecule has 2 N–H and O–H groups in total. The van der Waals surface area contributed by atoms with Crippen LogP contribution in [0.25, 0.3) is 0 Å². The first-order valence-electron chi connectivity index (χ1n) is 9.95. The third kappa shape index (κ3) is 5.08. The second-order valence-electron chi connectivity index (χ2n) is 7.49. The van der Waals surface area contributed by atoms with Gasteiger partial charge in [-0.3, -0.25) is 19.1 Å². The van der Waals surface area contributed by atoms with E-state index in [1.54, 1.807) is 18.0 Å². The summed E-state index contributed by atoms with van der Waals surface area (Å²) in [6.45, 7) is 1.49. The minimum Gasteiger partial charge on any atom is -0.342 e. The van der Waals surface area contributed by atoms with E-state index in [1.807, 2.05) is 0 Å². The number of hydrogen-bond donors (Lipinski definition) is 2. The molecule has 1 aliphatic heterocycles. The summed E-state index contributed by atoms with van der Waals surface area (Å²) in [4.78, 5) is 38.6. The van der Waals surface area contributed by atoms with E-state index in [0.29, 0.717) is 5.82 Å². The normalized spacial score (nSPS) is 18.2. The molecule has 1 saturated heterocycles. The summed E-state index contributed by atoms with van der Waals surface area (Å²) in [5.41, 5.74) is 0.197. The van der Waals surface area contributed by atoms with Gasteiger partial charge in [0.05, 0.1) is 6.54 Å². The number of rotatable bonds is 5. The van der Waals surface area contributed by atoms with Gasteiger partial charge in [-0.05, 0) is 32.1 Å². The molecule has 0 aromatic carbocycles. The van der Waals surface area contributed by atoms with E-state index in [9.17, 15) is 14.4 Å². The molecule has 0 unspecified atom stereocenters. The van der Waals surface area contributed by atoms with E-state index in [-0.39, 0.29) is 30.0 Å². The molecule has 2 fully saturated rings. The zero-order chi connectivity index (χ0) is 19.2. The molecule has 8 nitrogen and oxygen atoms in total. The fourth-order valence-corrected chi connectivity index (χ4v) is 3.79. The van der Waals surface area contributed by atoms with Crippen molar-refractivity contribution in [3.8, 4) is 0 Å². The van der Waals surface area contributed by atoms with Gasteiger partial charge in [-0.2, -0.15) is 5.10 Å². The Labute approximate surface area is 159 Å². The van der Waals surface area contributed by atoms with E-state index in [1.165, 1.54) is 11.1 Å². The predicted molar refractivity (Wildman–Crippen MR) is 101 cm³/mol. The van der Waals surface area contributed by atoms with Crippen LogP contribution in [0.4, 0.5) is 5.82 Å². The minimum absolute atomic E-state index is 0.00932. The highest BCUT2D eigenvalue weighted by atomic mass is 16.2. The Hall–Kier alpha value is -2.38. The molecule has 148 valence electrons. The molecule has 3 rings (SSSR count). The van der Waals surface area contributed by atoms with E-state index < -0.39 is 5.91 Å². The summed E-state index contributed by atoms with van der Waals surface area (Å²) in [7, 11) is 1.69. The molecule has 1 saturated carbocycles. The highest BCUT2D eigenvalue weighted by Crippen LogP contribution is 2.25. The molecule has 1 aromatic heterocycles. The number of hydrogen-bond acceptors (Lipinski definition) is 4. The number of nitrogens with one attached hydrogen (secondary N) is 2. The largest absolute Gasteiger partial charge is 0.342 e. The third-order valence-corrected chi connectivity index (χ3v) is 5.45. The Morgan fingerprint density at radius 1 is 1.07 bits per heavy atom. The van der Waals surface area contributed by atoms with Crippen molar-refractivity contribution in [3.63, 3.8) is 0 Å². The number of likely N-dealkylation sites (tertiary alicyclic amines) is 1. The van der Waals surface area contributed by atoms with Crippen LogP contribution >= 0.6 is 0 Å². The van der Waals surface area contributed by atoms with E-state index >= 15 is 0 Å². The topological polar surface area (TPSA) is 96.3 Å². The van der Waals surface area contributed by atoms with Crippen molar-refractivity contribution in [1.29, 1.82) is 0 Å². The zero-order valence-corrected chi connectivity index (χ0v) is 16.0. The van der Waals surface area contributed by atoms with Crippen molar-refractivity contribution in [1.82, 2.24) is 20.0 Å². The smallest absolute Gasteiger partial charge is 0.272 e. The lowest BCUT2D eigenvalue weighted by atomic mass is 9.89. The Morgan fingerprint density at radius 3 is 2.44 bits per heavy atom. The number of aryl methyl sites for hydroxylation is 1. The Balaban J connectivity index is 1.52. The van der Waals surface area contributed by atoms with Crippen LogP contribution in [-0.4, -0.2) is 52.0 Å². The summed E-state index contributed by atoms with van der Waals surface area (Å²) in [6.07, 6.45) is 8.37. The first-order valence-corrected chi connectivity index (χ1v) is 9.95. The summed E-state index contributed by atoms with van der Waals surface area (Å²) >= 11 is 0. The molecule has 0 spiro atoms. The molecule has 1 aliphatic carbocycles. The van der Waals surface area contributed by atoms with Gasteiger partial charge in [0.15, 0.2) is 5.69 Å². The molecule has 2 aliphatic rings. The number of amides is 3. The molecular formula is C19H29N5O3. The summed E-state index contributed by atoms with van der Waals surface area (Å²) < 4.78 is 1.49. The summed E-state index contributed by atoms with van der Waals surface area (Å²) in [5.74, 6) is 0.0510. The number of piperidine rings is 1. The second kappa shape index (κ2) is 9.01. The van der Waals surface area contributed by atoms with Gasteiger partial charge in [0.25, 0.3) is 5.91 Å². The van der Waals surface area contributed by atoms with Crippen molar-refractivity contribution < 1.29 is 14.4 Å². The molecule has 0 bridgehead atoms. The van der Waals surface area contributed by atoms with Gasteiger partial charge >= 0.3 is 0 Å². The molecule has 0 radical (unpaired) electrons. The number of carbonyl (C=O) groups excluding carboxylic acids is 3. The van der Waals surface area contributed by atoms with Crippen LogP contribution in [0.3, 0.4) is 0 Å². The maximum atomic E-state index is 12.4. The van der Waals surface area contributed by atoms with E-state index in [4.69, 9.17) is 0 Å². The quantitative estimate of drug-likeness (QED) is 0.818. The van der Waals surface area contributed by atoms with Crippen LogP contribution in [0.2, 0.25) is 0 Å². The maximum absolute atomic E-state index is 12.4. The monoisotopic (exact) mass is 375 g/mol. The van der Waals surface area contributed by atoms with Crippen LogP contribution < -0.4 is 10.6 Å². The molecule has 2 heterocycles. The highest BCUT2D eigenvalue weighted by molar-refractivity contribution is 5.97. The summed E-state index contributed by atoms with van der Waals surface area (Å²) in [6, 6.07) is 1.56. The lowest BCUT2D eigenvalue weighted by molar-refractivity contribution is -0.131. The van der Waals surface area contributed by atoms with Crippen LogP contribution in [0, 0.1) is 5.92 Å². The highest BCUT2D eigenvalue weighted by Gasteiger charge is 2.23. The van der Waals surface area contributed by atoms with E-state index in [0.717, 1.165) is 58.0 Å². The SMILES string of the molecule is Cn1nc(C(=O)NCC(=O)N2CCCCC2)cc1NC(=O)C1CCCCC1. The fourth-order valence-electron chi connectivity index (χ4n) is 3.79. The van der Waals surface area contributed by atoms with Gasteiger partial charge in [-0.25, -0.2) is 0 Å². The Kier molecular flexibility index (Phi) is 6.47. The van der Waals surface area contributed by atoms with E-state index in [2.05, 4.69) is 15.7 Å². The van der Waals surface area contributed by atoms with Crippen molar-refractivity contribution in [3.05, 3.63) is 11.8 Å². The van der Waals surface area contributed by atoms with Crippen molar-refractivity contribution in [2.24, 2.45) is 13.0 Å². The molecule has 1 aromatic rings. The number of nitrogens with zero attached hydrogens (tertiary/aromatic N) is 3. The minimum atomic E-state index is -0.408. The van der Waals surface area contributed by atoms with Crippen LogP contribution in [-0.2, 0) is 16.6 Å². The van der Waals surface area contributed by atoms with Gasteiger partial charge in [-0.15, -0.1) is 0 Å². The van der Waals surface area contributed by atoms with Crippen LogP contribution in [0.1, 0.15) is 61.9 Å². The Morgan fingerprint density at radius 2 is 1.74 bits per heavy atom. The first-order chi connectivity index (χ1) is 13.0. The average molecular weight is 375 g/mol. The zero-order valence-electron chi connectivity index (χ0n) is 16.0. The van der Waals surface area contributed by atoms with Gasteiger partial charge in [0.1, 0.15) is 5.82 Å². The third-order valence-electron chi connectivity index (χ3n) is 5.45. The summed E-state index contributed by atoms with van der Waals surface area (Å²) in [5, 5.41) is 9.68. The number of aromatic nitrogens is 2. The van der Waals surface area contributed by atoms with Crippen molar-refractivity contribution in [2.45, 2.75) is 51.4 Å². The number of carbonyl (C=O) groups is 3. The second-order valence-corrected chi connectivity index (χ2v) is 7.49. The van der Waals surface area contributed by atoms with Crippen LogP contribution in [0.5, 0.6) is 0 Å². The first kappa shape index (κ1) is 19.4. The van der Waals surface area contributed by atoms with Gasteiger partial charge < -0.3 is 15.5 Å². The lowest BCUT2D eigenvalue weighted by Gasteiger charge is -2.26. The van der Waals surface area contributed by atoms with Gasteiger partial charge in [0.2, 0.25) is 11.8 Å². The fraction of sp³-hybridized carbons (Fsp3) is 0.684. The molecule has 0 atom stereocenters. The average Bonchev–Trinajstić information content (AvgIpc) is 3.07. The maximum Gasteiger partial charge on any atom is 0.272 e. The molecule has 27 heavy (non-hydrogen) atoms. The standard InChI is InChI=1S/C19H29N5O3/c1-23-16(21-18(26)14-8-4-2-5-9-14)12-15(22-23)19(27)20-13-17(25)24-10-6-3-7-11-24/h12,14H,2-11,13H2,1H3,(H,20,27)(H,21,26). The lowest BCUT2D eigenvalue weighted by Crippen LogP contribution is -2.42. The van der Waals surface area contributed by atoms with Crippen molar-refractivity contribution >= 4 is 23.5 Å². The molecule has 3 amide bonds. The van der Waals surface area contributed by atoms with Crippen molar-refractivity contribution in [2.75, 3.05) is 25.0 Å². The Bertz CT molecular complexity index is 688. The number of anilines is 1.